The largest absolute Gasteiger partial charge is 0.507 e. The molecule has 3 aliphatic rings. The highest BCUT2D eigenvalue weighted by molar-refractivity contribution is 5.88. The monoisotopic (exact) mass is 742 g/mol. The van der Waals surface area contributed by atoms with Crippen LogP contribution in [0, 0.1) is 0 Å². The molecule has 20 heteroatoms. The highest BCUT2D eigenvalue weighted by atomic mass is 16.8. The van der Waals surface area contributed by atoms with E-state index in [1.807, 2.05) is 0 Å². The molecule has 52 heavy (non-hydrogen) atoms. The van der Waals surface area contributed by atoms with Gasteiger partial charge in [-0.1, -0.05) is 0 Å². The van der Waals surface area contributed by atoms with E-state index < -0.39 is 139 Å². The van der Waals surface area contributed by atoms with Crippen LogP contribution in [0.3, 0.4) is 0 Å². The summed E-state index contributed by atoms with van der Waals surface area (Å²) in [5.74, 6) is -3.57. The Hall–Kier alpha value is -3.87. The minimum atomic E-state index is -1.94. The van der Waals surface area contributed by atoms with Gasteiger partial charge in [0, 0.05) is 17.7 Å². The number of aliphatic hydroxyl groups is 8. The Morgan fingerprint density at radius 1 is 0.731 bits per heavy atom. The first-order valence-electron chi connectivity index (χ1n) is 15.9. The van der Waals surface area contributed by atoms with E-state index in [4.69, 9.17) is 32.8 Å². The molecule has 0 aliphatic carbocycles. The minimum absolute atomic E-state index is 0.0385. The predicted octanol–water partition coefficient (Wildman–Crippen LogP) is -3.22. The Kier molecular flexibility index (Phi) is 10.8. The highest BCUT2D eigenvalue weighted by Gasteiger charge is 2.51. The van der Waals surface area contributed by atoms with Crippen molar-refractivity contribution in [2.45, 2.75) is 92.9 Å². The normalized spacial score (nSPS) is 36.9. The van der Waals surface area contributed by atoms with Gasteiger partial charge in [-0.15, -0.1) is 0 Å². The van der Waals surface area contributed by atoms with Gasteiger partial charge in [-0.2, -0.15) is 0 Å². The third kappa shape index (κ3) is 7.09. The number of aliphatic hydroxyl groups excluding tert-OH is 8. The number of benzene rings is 2. The zero-order valence-electron chi connectivity index (χ0n) is 27.0. The van der Waals surface area contributed by atoms with E-state index in [1.165, 1.54) is 13.0 Å². The van der Waals surface area contributed by atoms with Gasteiger partial charge in [0.25, 0.3) is 0 Å². The van der Waals surface area contributed by atoms with Gasteiger partial charge >= 0.3 is 0 Å². The predicted molar refractivity (Wildman–Crippen MR) is 167 cm³/mol. The van der Waals surface area contributed by atoms with Crippen molar-refractivity contribution in [1.82, 2.24) is 0 Å². The van der Waals surface area contributed by atoms with Crippen LogP contribution in [0.4, 0.5) is 0 Å². The number of phenolic OH excluding ortho intramolecular Hbond substituents is 3. The van der Waals surface area contributed by atoms with Crippen molar-refractivity contribution in [2.75, 3.05) is 13.2 Å². The van der Waals surface area contributed by atoms with Crippen LogP contribution in [-0.4, -0.2) is 161 Å². The maximum absolute atomic E-state index is 13.1. The summed E-state index contributed by atoms with van der Waals surface area (Å²) >= 11 is 0. The maximum atomic E-state index is 13.1. The van der Waals surface area contributed by atoms with Crippen molar-refractivity contribution in [2.24, 2.45) is 0 Å². The molecule has 0 radical (unpaired) electrons. The first-order chi connectivity index (χ1) is 24.6. The first kappa shape index (κ1) is 37.9. The van der Waals surface area contributed by atoms with Crippen LogP contribution < -0.4 is 10.2 Å². The van der Waals surface area contributed by atoms with Crippen LogP contribution in [0.25, 0.3) is 22.3 Å². The first-order valence-corrected chi connectivity index (χ1v) is 15.9. The smallest absolute Gasteiger partial charge is 0.238 e. The lowest BCUT2D eigenvalue weighted by molar-refractivity contribution is -0.352. The van der Waals surface area contributed by atoms with Gasteiger partial charge in [-0.25, -0.2) is 0 Å². The molecule has 286 valence electrons. The number of phenols is 3. The van der Waals surface area contributed by atoms with E-state index in [0.717, 1.165) is 24.3 Å². The molecule has 6 rings (SSSR count). The third-order valence-electron chi connectivity index (χ3n) is 9.04. The van der Waals surface area contributed by atoms with E-state index in [9.17, 15) is 66.1 Å². The second kappa shape index (κ2) is 14.9. The second-order valence-electron chi connectivity index (χ2n) is 12.6. The number of rotatable bonds is 8. The van der Waals surface area contributed by atoms with Gasteiger partial charge in [0.1, 0.15) is 77.4 Å². The second-order valence-corrected chi connectivity index (χ2v) is 12.6. The molecule has 0 amide bonds. The Morgan fingerprint density at radius 2 is 1.44 bits per heavy atom. The number of fused-ring (bicyclic) bond motifs is 1. The van der Waals surface area contributed by atoms with Gasteiger partial charge < -0.3 is 94.1 Å². The zero-order valence-corrected chi connectivity index (χ0v) is 27.0. The zero-order chi connectivity index (χ0) is 37.8. The topological polar surface area (TPSA) is 328 Å². The Labute approximate surface area is 292 Å². The minimum Gasteiger partial charge on any atom is -0.507 e. The lowest BCUT2D eigenvalue weighted by atomic mass is 9.98. The fourth-order valence-electron chi connectivity index (χ4n) is 6.00. The summed E-state index contributed by atoms with van der Waals surface area (Å²) in [5, 5.41) is 124. The van der Waals surface area contributed by atoms with Crippen LogP contribution >= 0.6 is 0 Å². The van der Waals surface area contributed by atoms with E-state index >= 15 is 0 Å². The quantitative estimate of drug-likeness (QED) is 0.101. The molecular formula is C32H38O20. The van der Waals surface area contributed by atoms with Gasteiger partial charge in [-0.3, -0.25) is 4.79 Å². The lowest BCUT2D eigenvalue weighted by Gasteiger charge is -2.45. The molecule has 2 aromatic carbocycles. The standard InChI is InChI=1S/C32H38O20/c1-9-19(37)23(41)27(45)30(48-9)47-8-17-21(39)24(42)29(52-31-26(44)20(38)15(36)7-46-31)32(51-17)49-11-5-14(35)18-16(6-11)50-28(25(43)22(18)40)10-2-3-12(33)13(34)4-10/h2-6,9,15,17,19-21,23-24,26-27,29-39,41-45H,7-8H2,1H3/t9-,15+,17+,19-,20-,21+,23+,24-,26+,27+,29+,30+,31-,32+/m0/s1. The summed E-state index contributed by atoms with van der Waals surface area (Å²) in [6.07, 6.45) is -22.9. The molecule has 3 saturated heterocycles. The van der Waals surface area contributed by atoms with Gasteiger partial charge in [0.05, 0.1) is 19.3 Å². The fraction of sp³-hybridized carbons (Fsp3) is 0.531. The summed E-state index contributed by atoms with van der Waals surface area (Å²) in [6, 6.07) is 5.30. The molecule has 4 heterocycles. The van der Waals surface area contributed by atoms with Crippen LogP contribution in [0.15, 0.2) is 39.5 Å². The fourth-order valence-corrected chi connectivity index (χ4v) is 6.00. The number of aromatic hydroxyl groups is 4. The molecule has 14 atom stereocenters. The van der Waals surface area contributed by atoms with Crippen LogP contribution in [0.2, 0.25) is 0 Å². The van der Waals surface area contributed by atoms with E-state index in [0.29, 0.717) is 0 Å². The summed E-state index contributed by atoms with van der Waals surface area (Å²) in [4.78, 5) is 13.1. The maximum Gasteiger partial charge on any atom is 0.238 e. The van der Waals surface area contributed by atoms with E-state index in [2.05, 4.69) is 0 Å². The van der Waals surface area contributed by atoms with Crippen LogP contribution in [-0.2, 0) is 23.7 Å². The van der Waals surface area contributed by atoms with Crippen molar-refractivity contribution in [1.29, 1.82) is 0 Å². The Morgan fingerprint density at radius 3 is 2.15 bits per heavy atom. The van der Waals surface area contributed by atoms with Crippen molar-refractivity contribution in [3.8, 4) is 40.1 Å². The number of hydrogen-bond acceptors (Lipinski definition) is 20. The molecule has 1 aromatic heterocycles. The molecule has 20 nitrogen and oxygen atoms in total. The molecule has 0 saturated carbocycles. The van der Waals surface area contributed by atoms with Crippen molar-refractivity contribution in [3.05, 3.63) is 40.6 Å². The molecule has 12 N–H and O–H groups in total. The number of hydrogen-bond donors (Lipinski definition) is 12. The molecule has 3 aliphatic heterocycles. The highest BCUT2D eigenvalue weighted by Crippen LogP contribution is 2.39. The van der Waals surface area contributed by atoms with Gasteiger partial charge in [0.15, 0.2) is 35.9 Å². The Balaban J connectivity index is 1.31. The van der Waals surface area contributed by atoms with Crippen molar-refractivity contribution >= 4 is 11.0 Å². The van der Waals surface area contributed by atoms with Crippen molar-refractivity contribution in [3.63, 3.8) is 0 Å². The average molecular weight is 743 g/mol. The van der Waals surface area contributed by atoms with Crippen molar-refractivity contribution < 1.29 is 94.1 Å². The van der Waals surface area contributed by atoms with E-state index in [-0.39, 0.29) is 16.9 Å². The SMILES string of the molecule is C[C@@H]1O[C@@H](OC[C@H]2O[C@@H](Oc3cc(O)c4c(=O)c(O)c(-c5ccc(O)c(O)c5)oc4c3)[C@H](O[C@@H]3OC[C@@H](O)[C@H](O)[C@H]3O)[C@@H](O)[C@@H]2O)[C@H](O)[C@H](O)[C@H]1O. The molecule has 0 bridgehead atoms. The third-order valence-corrected chi connectivity index (χ3v) is 9.04. The van der Waals surface area contributed by atoms with Gasteiger partial charge in [0.2, 0.25) is 17.5 Å². The lowest BCUT2D eigenvalue weighted by Crippen LogP contribution is -2.64. The van der Waals surface area contributed by atoms with Crippen LogP contribution in [0.1, 0.15) is 6.92 Å². The summed E-state index contributed by atoms with van der Waals surface area (Å²) < 4.78 is 39.4. The van der Waals surface area contributed by atoms with E-state index in [1.54, 1.807) is 0 Å². The number of ether oxygens (including phenoxy) is 6. The summed E-state index contributed by atoms with van der Waals surface area (Å²) in [6.45, 7) is 0.288. The van der Waals surface area contributed by atoms with Gasteiger partial charge in [-0.05, 0) is 25.1 Å². The van der Waals surface area contributed by atoms with Crippen LogP contribution in [0.5, 0.6) is 28.7 Å². The molecular weight excluding hydrogens is 704 g/mol. The Bertz CT molecular complexity index is 1800. The summed E-state index contributed by atoms with van der Waals surface area (Å²) in [5.41, 5.74) is -1.49. The molecule has 0 spiro atoms. The molecule has 3 fully saturated rings. The summed E-state index contributed by atoms with van der Waals surface area (Å²) in [7, 11) is 0. The average Bonchev–Trinajstić information content (AvgIpc) is 3.10. The molecule has 3 aromatic rings. The molecule has 0 unspecified atom stereocenters.